The molecule has 154 valence electrons. The van der Waals surface area contributed by atoms with Gasteiger partial charge in [-0.1, -0.05) is 6.92 Å². The summed E-state index contributed by atoms with van der Waals surface area (Å²) in [5, 5.41) is 3.10. The van der Waals surface area contributed by atoms with Crippen molar-refractivity contribution in [2.24, 2.45) is 0 Å². The number of ether oxygens (including phenoxy) is 1. The van der Waals surface area contributed by atoms with E-state index in [1.807, 2.05) is 4.72 Å². The molecule has 0 saturated carbocycles. The van der Waals surface area contributed by atoms with Gasteiger partial charge in [-0.2, -0.15) is 0 Å². The van der Waals surface area contributed by atoms with Crippen molar-refractivity contribution in [3.8, 4) is 5.75 Å². The van der Waals surface area contributed by atoms with E-state index in [0.29, 0.717) is 17.6 Å². The first kappa shape index (κ1) is 20.6. The molecule has 0 aliphatic heterocycles. The van der Waals surface area contributed by atoms with Crippen LogP contribution in [0.15, 0.2) is 36.5 Å². The zero-order valence-electron chi connectivity index (χ0n) is 15.7. The molecule has 3 rings (SSSR count). The number of benzene rings is 2. The van der Waals surface area contributed by atoms with E-state index < -0.39 is 38.8 Å². The molecule has 0 unspecified atom stereocenters. The summed E-state index contributed by atoms with van der Waals surface area (Å²) in [5.74, 6) is -3.14. The minimum Gasteiger partial charge on any atom is -0.495 e. The molecule has 0 saturated heterocycles. The molecular formula is C19H19F2N3O4S. The monoisotopic (exact) mass is 423 g/mol. The van der Waals surface area contributed by atoms with E-state index in [2.05, 4.69) is 10.3 Å². The normalized spacial score (nSPS) is 11.4. The second-order valence-electron chi connectivity index (χ2n) is 6.28. The van der Waals surface area contributed by atoms with Gasteiger partial charge in [-0.05, 0) is 36.8 Å². The molecule has 1 heterocycles. The average molecular weight is 423 g/mol. The molecule has 0 spiro atoms. The fourth-order valence-corrected chi connectivity index (χ4v) is 3.99. The quantitative estimate of drug-likeness (QED) is 0.537. The molecule has 0 fully saturated rings. The van der Waals surface area contributed by atoms with Crippen LogP contribution in [0.2, 0.25) is 0 Å². The van der Waals surface area contributed by atoms with Crippen LogP contribution in [0.3, 0.4) is 0 Å². The Kier molecular flexibility index (Phi) is 5.73. The van der Waals surface area contributed by atoms with Crippen molar-refractivity contribution in [3.05, 3.63) is 53.7 Å². The van der Waals surface area contributed by atoms with Gasteiger partial charge < -0.3 is 15.0 Å². The third-order valence-electron chi connectivity index (χ3n) is 4.18. The molecule has 0 radical (unpaired) electrons. The standard InChI is InChI=1S/C19H19F2N3O4S/c1-3-8-29(26,27)24-15-7-5-13(20)17(18(15)21)19(25)23-11-4-6-14-12(9-11)16(28-2)10-22-14/h4-7,9-10,22,24H,3,8H2,1-2H3,(H,23,25). The SMILES string of the molecule is CCCS(=O)(=O)Nc1ccc(F)c(C(=O)Nc2ccc3[nH]cc(OC)c3c2)c1F. The van der Waals surface area contributed by atoms with Gasteiger partial charge >= 0.3 is 0 Å². The highest BCUT2D eigenvalue weighted by molar-refractivity contribution is 7.92. The number of hydrogen-bond donors (Lipinski definition) is 3. The topological polar surface area (TPSA) is 100 Å². The van der Waals surface area contributed by atoms with Crippen molar-refractivity contribution in [1.29, 1.82) is 0 Å². The number of carbonyl (C=O) groups is 1. The van der Waals surface area contributed by atoms with Gasteiger partial charge in [-0.3, -0.25) is 9.52 Å². The lowest BCUT2D eigenvalue weighted by Crippen LogP contribution is -2.20. The number of aromatic nitrogens is 1. The molecule has 0 bridgehead atoms. The molecule has 10 heteroatoms. The summed E-state index contributed by atoms with van der Waals surface area (Å²) in [6.45, 7) is 1.65. The van der Waals surface area contributed by atoms with Crippen LogP contribution in [0.25, 0.3) is 10.9 Å². The van der Waals surface area contributed by atoms with E-state index in [9.17, 15) is 22.0 Å². The fourth-order valence-electron chi connectivity index (χ4n) is 2.86. The Morgan fingerprint density at radius 1 is 1.21 bits per heavy atom. The van der Waals surface area contributed by atoms with Gasteiger partial charge in [0.2, 0.25) is 10.0 Å². The number of rotatable bonds is 7. The van der Waals surface area contributed by atoms with Crippen LogP contribution in [0.4, 0.5) is 20.2 Å². The van der Waals surface area contributed by atoms with E-state index in [-0.39, 0.29) is 11.4 Å². The number of aromatic amines is 1. The number of hydrogen-bond acceptors (Lipinski definition) is 4. The predicted molar refractivity (Wildman–Crippen MR) is 107 cm³/mol. The lowest BCUT2D eigenvalue weighted by Gasteiger charge is -2.12. The molecule has 3 N–H and O–H groups in total. The largest absolute Gasteiger partial charge is 0.495 e. The fraction of sp³-hybridized carbons (Fsp3) is 0.211. The van der Waals surface area contributed by atoms with Crippen LogP contribution in [0.5, 0.6) is 5.75 Å². The highest BCUT2D eigenvalue weighted by Crippen LogP contribution is 2.29. The number of carbonyl (C=O) groups excluding carboxylic acids is 1. The summed E-state index contributed by atoms with van der Waals surface area (Å²) < 4.78 is 59.9. The first-order valence-electron chi connectivity index (χ1n) is 8.70. The molecule has 0 atom stereocenters. The number of nitrogens with one attached hydrogen (secondary N) is 3. The van der Waals surface area contributed by atoms with Crippen molar-refractivity contribution in [2.45, 2.75) is 13.3 Å². The molecular weight excluding hydrogens is 404 g/mol. The molecule has 1 amide bonds. The molecule has 29 heavy (non-hydrogen) atoms. The number of fused-ring (bicyclic) bond motifs is 1. The summed E-state index contributed by atoms with van der Waals surface area (Å²) >= 11 is 0. The molecule has 0 aliphatic carbocycles. The van der Waals surface area contributed by atoms with Crippen molar-refractivity contribution in [1.82, 2.24) is 4.98 Å². The Labute approximate surface area is 166 Å². The lowest BCUT2D eigenvalue weighted by atomic mass is 10.1. The molecule has 2 aromatic carbocycles. The van der Waals surface area contributed by atoms with Crippen molar-refractivity contribution >= 4 is 38.2 Å². The molecule has 7 nitrogen and oxygen atoms in total. The van der Waals surface area contributed by atoms with Gasteiger partial charge in [-0.25, -0.2) is 17.2 Å². The number of amides is 1. The maximum Gasteiger partial charge on any atom is 0.261 e. The van der Waals surface area contributed by atoms with E-state index in [1.54, 1.807) is 31.3 Å². The highest BCUT2D eigenvalue weighted by Gasteiger charge is 2.23. The summed E-state index contributed by atoms with van der Waals surface area (Å²) in [5.41, 5.74) is -0.337. The van der Waals surface area contributed by atoms with Gasteiger partial charge in [0.15, 0.2) is 5.82 Å². The second-order valence-corrected chi connectivity index (χ2v) is 8.12. The number of halogens is 2. The molecule has 0 aliphatic rings. The molecule has 1 aromatic heterocycles. The number of methoxy groups -OCH3 is 1. The maximum absolute atomic E-state index is 14.7. The van der Waals surface area contributed by atoms with Gasteiger partial charge in [0, 0.05) is 22.8 Å². The summed E-state index contributed by atoms with van der Waals surface area (Å²) in [7, 11) is -2.32. The van der Waals surface area contributed by atoms with E-state index in [4.69, 9.17) is 4.74 Å². The number of sulfonamides is 1. The third kappa shape index (κ3) is 4.32. The highest BCUT2D eigenvalue weighted by atomic mass is 32.2. The van der Waals surface area contributed by atoms with Crippen LogP contribution in [0.1, 0.15) is 23.7 Å². The van der Waals surface area contributed by atoms with Crippen LogP contribution in [-0.4, -0.2) is 32.2 Å². The first-order valence-corrected chi connectivity index (χ1v) is 10.4. The second kappa shape index (κ2) is 8.08. The van der Waals surface area contributed by atoms with Crippen LogP contribution < -0.4 is 14.8 Å². The van der Waals surface area contributed by atoms with Crippen LogP contribution >= 0.6 is 0 Å². The van der Waals surface area contributed by atoms with Crippen LogP contribution in [-0.2, 0) is 10.0 Å². The minimum absolute atomic E-state index is 0.232. The number of H-pyrrole nitrogens is 1. The van der Waals surface area contributed by atoms with E-state index in [1.165, 1.54) is 7.11 Å². The summed E-state index contributed by atoms with van der Waals surface area (Å²) in [6, 6.07) is 6.59. The summed E-state index contributed by atoms with van der Waals surface area (Å²) in [6.07, 6.45) is 1.96. The van der Waals surface area contributed by atoms with Gasteiger partial charge in [-0.15, -0.1) is 0 Å². The maximum atomic E-state index is 14.7. The van der Waals surface area contributed by atoms with E-state index >= 15 is 0 Å². The van der Waals surface area contributed by atoms with Crippen molar-refractivity contribution in [2.75, 3.05) is 22.9 Å². The Morgan fingerprint density at radius 3 is 2.66 bits per heavy atom. The number of anilines is 2. The lowest BCUT2D eigenvalue weighted by molar-refractivity contribution is 0.101. The minimum atomic E-state index is -3.81. The zero-order valence-corrected chi connectivity index (χ0v) is 16.5. The van der Waals surface area contributed by atoms with Gasteiger partial charge in [0.05, 0.1) is 18.6 Å². The third-order valence-corrected chi connectivity index (χ3v) is 5.65. The van der Waals surface area contributed by atoms with Gasteiger partial charge in [0.1, 0.15) is 17.1 Å². The first-order chi connectivity index (χ1) is 13.8. The van der Waals surface area contributed by atoms with E-state index in [0.717, 1.165) is 17.6 Å². The zero-order chi connectivity index (χ0) is 21.2. The van der Waals surface area contributed by atoms with Crippen molar-refractivity contribution in [3.63, 3.8) is 0 Å². The Balaban J connectivity index is 1.92. The Bertz CT molecular complexity index is 1180. The van der Waals surface area contributed by atoms with Gasteiger partial charge in [0.25, 0.3) is 5.91 Å². The Hall–Kier alpha value is -3.14. The van der Waals surface area contributed by atoms with Crippen LogP contribution in [0, 0.1) is 11.6 Å². The predicted octanol–water partition coefficient (Wildman–Crippen LogP) is 3.86. The Morgan fingerprint density at radius 2 is 1.97 bits per heavy atom. The van der Waals surface area contributed by atoms with Crippen molar-refractivity contribution < 1.29 is 26.7 Å². The molecule has 3 aromatic rings. The smallest absolute Gasteiger partial charge is 0.261 e. The summed E-state index contributed by atoms with van der Waals surface area (Å²) in [4.78, 5) is 15.5. The average Bonchev–Trinajstić information content (AvgIpc) is 3.06.